The minimum atomic E-state index is 0.228. The van der Waals surface area contributed by atoms with E-state index in [2.05, 4.69) is 54.4 Å². The second kappa shape index (κ2) is 8.70. The van der Waals surface area contributed by atoms with Crippen LogP contribution in [0.2, 0.25) is 5.02 Å². The van der Waals surface area contributed by atoms with Crippen molar-refractivity contribution < 1.29 is 4.74 Å². The average Bonchev–Trinajstić information content (AvgIpc) is 2.65. The van der Waals surface area contributed by atoms with E-state index in [0.29, 0.717) is 0 Å². The maximum absolute atomic E-state index is 6.02. The van der Waals surface area contributed by atoms with Gasteiger partial charge in [0.2, 0.25) is 0 Å². The van der Waals surface area contributed by atoms with Crippen LogP contribution in [0, 0.1) is 0 Å². The van der Waals surface area contributed by atoms with Crippen LogP contribution >= 0.6 is 11.6 Å². The van der Waals surface area contributed by atoms with Crippen LogP contribution in [0.25, 0.3) is 0 Å². The number of hydrogen-bond acceptors (Lipinski definition) is 3. The quantitative estimate of drug-likeness (QED) is 0.798. The maximum Gasteiger partial charge on any atom is 0.119 e. The second-order valence-corrected chi connectivity index (χ2v) is 6.86. The zero-order chi connectivity index (χ0) is 17.6. The van der Waals surface area contributed by atoms with E-state index in [9.17, 15) is 0 Å². The van der Waals surface area contributed by atoms with Gasteiger partial charge in [-0.15, -0.1) is 0 Å². The molecule has 0 aliphatic carbocycles. The monoisotopic (exact) mass is 358 g/mol. The molecule has 4 heteroatoms. The van der Waals surface area contributed by atoms with Crippen molar-refractivity contribution in [2.45, 2.75) is 26.3 Å². The Labute approximate surface area is 155 Å². The number of likely N-dealkylation sites (N-methyl/N-ethyl adjacent to an activating group) is 1. The average molecular weight is 359 g/mol. The molecule has 3 nitrogen and oxygen atoms in total. The number of halogens is 1. The third-order valence-electron chi connectivity index (χ3n) is 4.94. The van der Waals surface area contributed by atoms with Crippen LogP contribution in [-0.4, -0.2) is 37.7 Å². The lowest BCUT2D eigenvalue weighted by Crippen LogP contribution is -2.30. The summed E-state index contributed by atoms with van der Waals surface area (Å²) in [5.41, 5.74) is 3.96. The molecule has 0 amide bonds. The first-order valence-corrected chi connectivity index (χ1v) is 9.56. The lowest BCUT2D eigenvalue weighted by atomic mass is 9.90. The Bertz CT molecular complexity index is 683. The number of benzene rings is 2. The summed E-state index contributed by atoms with van der Waals surface area (Å²) < 4.78 is 5.98. The lowest BCUT2D eigenvalue weighted by Gasteiger charge is -2.28. The molecule has 0 radical (unpaired) electrons. The van der Waals surface area contributed by atoms with Crippen molar-refractivity contribution in [1.29, 1.82) is 0 Å². The molecule has 1 heterocycles. The Morgan fingerprint density at radius 2 is 1.88 bits per heavy atom. The van der Waals surface area contributed by atoms with Crippen molar-refractivity contribution in [3.63, 3.8) is 0 Å². The summed E-state index contributed by atoms with van der Waals surface area (Å²) in [5.74, 6) is 0.975. The number of hydrogen-bond donors (Lipinski definition) is 1. The molecule has 1 atom stereocenters. The van der Waals surface area contributed by atoms with Gasteiger partial charge < -0.3 is 15.0 Å². The Kier molecular flexibility index (Phi) is 6.35. The molecule has 2 aromatic rings. The van der Waals surface area contributed by atoms with Crippen LogP contribution in [-0.2, 0) is 6.42 Å². The van der Waals surface area contributed by atoms with Gasteiger partial charge in [0.05, 0.1) is 6.04 Å². The van der Waals surface area contributed by atoms with Gasteiger partial charge >= 0.3 is 0 Å². The van der Waals surface area contributed by atoms with Crippen molar-refractivity contribution in [3.8, 4) is 5.75 Å². The Balaban J connectivity index is 1.70. The van der Waals surface area contributed by atoms with Crippen molar-refractivity contribution in [1.82, 2.24) is 10.2 Å². The first-order valence-electron chi connectivity index (χ1n) is 9.18. The lowest BCUT2D eigenvalue weighted by molar-refractivity contribution is 0.222. The van der Waals surface area contributed by atoms with Gasteiger partial charge in [-0.2, -0.15) is 0 Å². The molecule has 0 saturated carbocycles. The highest BCUT2D eigenvalue weighted by Crippen LogP contribution is 2.31. The van der Waals surface area contributed by atoms with E-state index in [1.165, 1.54) is 16.7 Å². The van der Waals surface area contributed by atoms with Crippen molar-refractivity contribution in [2.24, 2.45) is 0 Å². The summed E-state index contributed by atoms with van der Waals surface area (Å²) in [6, 6.07) is 14.8. The molecule has 1 aliphatic rings. The minimum absolute atomic E-state index is 0.228. The van der Waals surface area contributed by atoms with E-state index >= 15 is 0 Å². The number of nitrogens with one attached hydrogen (secondary N) is 1. The van der Waals surface area contributed by atoms with Gasteiger partial charge in [0.25, 0.3) is 0 Å². The highest BCUT2D eigenvalue weighted by atomic mass is 35.5. The van der Waals surface area contributed by atoms with E-state index in [-0.39, 0.29) is 6.04 Å². The van der Waals surface area contributed by atoms with Crippen LogP contribution in [0.3, 0.4) is 0 Å². The Hall–Kier alpha value is -1.55. The van der Waals surface area contributed by atoms with Crippen LogP contribution < -0.4 is 10.1 Å². The molecule has 25 heavy (non-hydrogen) atoms. The smallest absolute Gasteiger partial charge is 0.119 e. The molecule has 0 bridgehead atoms. The van der Waals surface area contributed by atoms with Crippen molar-refractivity contribution in [3.05, 3.63) is 64.2 Å². The standard InChI is InChI=1S/C21H27ClN2O/c1-3-24(4-2)13-14-25-19-9-10-20-17(15-19)11-12-23-21(20)16-5-7-18(22)8-6-16/h5-10,15,21,23H,3-4,11-14H2,1-2H3. The topological polar surface area (TPSA) is 24.5 Å². The predicted octanol–water partition coefficient (Wildman–Crippen LogP) is 4.30. The first-order chi connectivity index (χ1) is 12.2. The summed E-state index contributed by atoms with van der Waals surface area (Å²) in [5, 5.41) is 4.39. The molecule has 0 spiro atoms. The molecule has 3 rings (SSSR count). The molecule has 134 valence electrons. The van der Waals surface area contributed by atoms with E-state index in [4.69, 9.17) is 16.3 Å². The van der Waals surface area contributed by atoms with Crippen LogP contribution in [0.1, 0.15) is 36.6 Å². The molecule has 1 aliphatic heterocycles. The van der Waals surface area contributed by atoms with Gasteiger partial charge in [-0.25, -0.2) is 0 Å². The minimum Gasteiger partial charge on any atom is -0.492 e. The normalized spacial score (nSPS) is 16.7. The van der Waals surface area contributed by atoms with Gasteiger partial charge in [-0.05, 0) is 60.5 Å². The zero-order valence-corrected chi connectivity index (χ0v) is 15.9. The Morgan fingerprint density at radius 3 is 2.60 bits per heavy atom. The number of ether oxygens (including phenoxy) is 1. The summed E-state index contributed by atoms with van der Waals surface area (Å²) >= 11 is 6.02. The predicted molar refractivity (Wildman–Crippen MR) is 105 cm³/mol. The van der Waals surface area contributed by atoms with Crippen molar-refractivity contribution in [2.75, 3.05) is 32.8 Å². The highest BCUT2D eigenvalue weighted by molar-refractivity contribution is 6.30. The third kappa shape index (κ3) is 4.55. The van der Waals surface area contributed by atoms with Crippen LogP contribution in [0.15, 0.2) is 42.5 Å². The second-order valence-electron chi connectivity index (χ2n) is 6.42. The van der Waals surface area contributed by atoms with E-state index in [0.717, 1.165) is 50.0 Å². The summed E-state index contributed by atoms with van der Waals surface area (Å²) in [7, 11) is 0. The molecule has 0 fully saturated rings. The molecular formula is C21H27ClN2O. The number of nitrogens with zero attached hydrogens (tertiary/aromatic N) is 1. The molecule has 1 unspecified atom stereocenters. The maximum atomic E-state index is 6.02. The van der Waals surface area contributed by atoms with Crippen molar-refractivity contribution >= 4 is 11.6 Å². The molecule has 1 N–H and O–H groups in total. The molecule has 2 aromatic carbocycles. The fourth-order valence-electron chi connectivity index (χ4n) is 3.42. The van der Waals surface area contributed by atoms with Gasteiger partial charge in [-0.3, -0.25) is 0 Å². The highest BCUT2D eigenvalue weighted by Gasteiger charge is 2.21. The first kappa shape index (κ1) is 18.2. The van der Waals surface area contributed by atoms with E-state index in [1.54, 1.807) is 0 Å². The number of rotatable bonds is 7. The fourth-order valence-corrected chi connectivity index (χ4v) is 3.54. The zero-order valence-electron chi connectivity index (χ0n) is 15.1. The summed E-state index contributed by atoms with van der Waals surface area (Å²) in [4.78, 5) is 2.37. The largest absolute Gasteiger partial charge is 0.492 e. The molecular weight excluding hydrogens is 332 g/mol. The van der Waals surface area contributed by atoms with Crippen LogP contribution in [0.4, 0.5) is 0 Å². The summed E-state index contributed by atoms with van der Waals surface area (Å²) in [6.07, 6.45) is 1.03. The van der Waals surface area contributed by atoms with Gasteiger partial charge in [0, 0.05) is 18.1 Å². The number of fused-ring (bicyclic) bond motifs is 1. The SMILES string of the molecule is CCN(CC)CCOc1ccc2c(c1)CCNC2c1ccc(Cl)cc1. The van der Waals surface area contributed by atoms with E-state index in [1.807, 2.05) is 12.1 Å². The van der Waals surface area contributed by atoms with Gasteiger partial charge in [0.15, 0.2) is 0 Å². The Morgan fingerprint density at radius 1 is 1.12 bits per heavy atom. The van der Waals surface area contributed by atoms with Crippen LogP contribution in [0.5, 0.6) is 5.75 Å². The fraction of sp³-hybridized carbons (Fsp3) is 0.429. The third-order valence-corrected chi connectivity index (χ3v) is 5.19. The summed E-state index contributed by atoms with van der Waals surface area (Å²) in [6.45, 7) is 9.19. The molecule has 0 saturated heterocycles. The molecule has 0 aromatic heterocycles. The van der Waals surface area contributed by atoms with Gasteiger partial charge in [0.1, 0.15) is 12.4 Å². The van der Waals surface area contributed by atoms with Gasteiger partial charge in [-0.1, -0.05) is 43.6 Å². The van der Waals surface area contributed by atoms with E-state index < -0.39 is 0 Å².